The minimum atomic E-state index is 0.0490. The molecule has 0 bridgehead atoms. The number of esters is 1. The van der Waals surface area contributed by atoms with Crippen LogP contribution >= 0.6 is 0 Å². The molecular weight excluding hydrogens is 388 g/mol. The van der Waals surface area contributed by atoms with Gasteiger partial charge in [-0.1, -0.05) is 37.3 Å². The zero-order chi connectivity index (χ0) is 21.1. The first kappa shape index (κ1) is 20.2. The number of ether oxygens (including phenoxy) is 2. The summed E-state index contributed by atoms with van der Waals surface area (Å²) in [5, 5.41) is 0. The molecule has 5 heteroatoms. The summed E-state index contributed by atoms with van der Waals surface area (Å²) in [6, 6.07) is 10.7. The molecule has 5 fully saturated rings. The summed E-state index contributed by atoms with van der Waals surface area (Å²) >= 11 is 0. The van der Waals surface area contributed by atoms with Gasteiger partial charge in [0.1, 0.15) is 6.10 Å². The van der Waals surface area contributed by atoms with E-state index in [4.69, 9.17) is 9.47 Å². The Bertz CT molecular complexity index is 817. The molecule has 0 unspecified atom stereocenters. The Hall–Kier alpha value is -1.43. The van der Waals surface area contributed by atoms with Crippen LogP contribution in [-0.2, 0) is 20.8 Å². The van der Waals surface area contributed by atoms with E-state index in [1.165, 1.54) is 24.8 Å². The Balaban J connectivity index is 1.08. The van der Waals surface area contributed by atoms with Gasteiger partial charge in [-0.2, -0.15) is 0 Å². The molecule has 1 spiro atoms. The van der Waals surface area contributed by atoms with E-state index in [-0.39, 0.29) is 29.0 Å². The fraction of sp³-hybridized carbons (Fsp3) is 0.731. The number of hydrogen-bond donors (Lipinski definition) is 0. The molecule has 3 aliphatic heterocycles. The smallest absolute Gasteiger partial charge is 0.310 e. The van der Waals surface area contributed by atoms with Gasteiger partial charge in [-0.05, 0) is 49.0 Å². The van der Waals surface area contributed by atoms with Crippen LogP contribution < -0.4 is 0 Å². The number of carbonyl (C=O) groups is 1. The summed E-state index contributed by atoms with van der Waals surface area (Å²) < 4.78 is 12.1. The van der Waals surface area contributed by atoms with Gasteiger partial charge < -0.3 is 9.47 Å². The highest BCUT2D eigenvalue weighted by molar-refractivity contribution is 5.75. The van der Waals surface area contributed by atoms with Crippen molar-refractivity contribution in [2.45, 2.75) is 57.3 Å². The molecule has 0 N–H and O–H groups in total. The summed E-state index contributed by atoms with van der Waals surface area (Å²) in [5.41, 5.74) is 1.80. The van der Waals surface area contributed by atoms with Crippen molar-refractivity contribution in [3.05, 3.63) is 35.9 Å². The van der Waals surface area contributed by atoms with Crippen LogP contribution in [0.3, 0.4) is 0 Å². The Kier molecular flexibility index (Phi) is 4.93. The lowest BCUT2D eigenvalue weighted by Crippen LogP contribution is -2.52. The lowest BCUT2D eigenvalue weighted by atomic mass is 9.53. The first-order chi connectivity index (χ1) is 15.0. The second-order valence-electron chi connectivity index (χ2n) is 11.2. The molecule has 1 aromatic carbocycles. The standard InChI is InChI=1S/C26H36N2O3/c1-25-8-5-9-26(18-30-26)23(25)14-20-21(24(29)31-22(20)15-25)17-28-12-10-27(11-13-28)16-19-6-3-2-4-7-19/h2-4,6-7,20-23H,5,8-18H2,1H3/t20-,21+,22-,23+,25-,26+/m1/s1. The normalized spacial score (nSPS) is 42.8. The first-order valence-electron chi connectivity index (χ1n) is 12.4. The van der Waals surface area contributed by atoms with Crippen molar-refractivity contribution in [3.63, 3.8) is 0 Å². The van der Waals surface area contributed by atoms with Crippen LogP contribution in [0.5, 0.6) is 0 Å². The Morgan fingerprint density at radius 2 is 1.81 bits per heavy atom. The second kappa shape index (κ2) is 7.57. The van der Waals surface area contributed by atoms with Gasteiger partial charge in [-0.3, -0.25) is 14.6 Å². The first-order valence-corrected chi connectivity index (χ1v) is 12.4. The summed E-state index contributed by atoms with van der Waals surface area (Å²) in [5.74, 6) is 1.10. The van der Waals surface area contributed by atoms with E-state index in [0.29, 0.717) is 11.8 Å². The van der Waals surface area contributed by atoms with Gasteiger partial charge in [0.25, 0.3) is 0 Å². The SMILES string of the molecule is C[C@]12CCC[C@]3(CO3)[C@H]1C[C@@H]1[C@H](CN3CCN(Cc4ccccc4)CC3)C(=O)O[C@@H]1C2. The van der Waals surface area contributed by atoms with E-state index in [9.17, 15) is 4.79 Å². The average molecular weight is 425 g/mol. The highest BCUT2D eigenvalue weighted by Crippen LogP contribution is 2.62. The average Bonchev–Trinajstić information content (AvgIpc) is 3.47. The monoisotopic (exact) mass is 424 g/mol. The van der Waals surface area contributed by atoms with E-state index >= 15 is 0 Å². The predicted molar refractivity (Wildman–Crippen MR) is 118 cm³/mol. The molecule has 6 atom stereocenters. The molecule has 3 heterocycles. The zero-order valence-electron chi connectivity index (χ0n) is 18.8. The molecule has 2 aliphatic carbocycles. The zero-order valence-corrected chi connectivity index (χ0v) is 18.8. The highest BCUT2D eigenvalue weighted by Gasteiger charge is 2.65. The second-order valence-corrected chi connectivity index (χ2v) is 11.2. The number of nitrogens with zero attached hydrogens (tertiary/aromatic N) is 2. The Labute approximate surface area is 186 Å². The van der Waals surface area contributed by atoms with Crippen molar-refractivity contribution >= 4 is 5.97 Å². The summed E-state index contributed by atoms with van der Waals surface area (Å²) in [7, 11) is 0. The molecule has 1 aromatic rings. The van der Waals surface area contributed by atoms with Crippen molar-refractivity contribution < 1.29 is 14.3 Å². The third-order valence-corrected chi connectivity index (χ3v) is 9.25. The highest BCUT2D eigenvalue weighted by atomic mass is 16.6. The van der Waals surface area contributed by atoms with E-state index in [1.807, 2.05) is 0 Å². The van der Waals surface area contributed by atoms with Crippen molar-refractivity contribution in [2.75, 3.05) is 39.3 Å². The van der Waals surface area contributed by atoms with Crippen LogP contribution in [-0.4, -0.2) is 66.8 Å². The van der Waals surface area contributed by atoms with E-state index in [2.05, 4.69) is 47.1 Å². The number of fused-ring (bicyclic) bond motifs is 3. The maximum Gasteiger partial charge on any atom is 0.310 e. The molecule has 31 heavy (non-hydrogen) atoms. The van der Waals surface area contributed by atoms with Gasteiger partial charge in [0.15, 0.2) is 0 Å². The number of rotatable bonds is 4. The lowest BCUT2D eigenvalue weighted by molar-refractivity contribution is -0.147. The molecule has 168 valence electrons. The third-order valence-electron chi connectivity index (χ3n) is 9.25. The Morgan fingerprint density at radius 3 is 2.55 bits per heavy atom. The van der Waals surface area contributed by atoms with Gasteiger partial charge in [-0.15, -0.1) is 0 Å². The van der Waals surface area contributed by atoms with Crippen molar-refractivity contribution in [2.24, 2.45) is 23.2 Å². The quantitative estimate of drug-likeness (QED) is 0.548. The number of hydrogen-bond acceptors (Lipinski definition) is 5. The van der Waals surface area contributed by atoms with Crippen molar-refractivity contribution in [3.8, 4) is 0 Å². The number of epoxide rings is 1. The lowest BCUT2D eigenvalue weighted by Gasteiger charge is -2.51. The summed E-state index contributed by atoms with van der Waals surface area (Å²) in [6.45, 7) is 9.50. The topological polar surface area (TPSA) is 45.3 Å². The van der Waals surface area contributed by atoms with Crippen LogP contribution in [0, 0.1) is 23.2 Å². The molecule has 0 aromatic heterocycles. The molecule has 2 saturated carbocycles. The minimum absolute atomic E-state index is 0.0490. The van der Waals surface area contributed by atoms with E-state index in [0.717, 1.165) is 58.7 Å². The van der Waals surface area contributed by atoms with Crippen molar-refractivity contribution in [1.29, 1.82) is 0 Å². The van der Waals surface area contributed by atoms with E-state index in [1.54, 1.807) is 0 Å². The number of carbonyl (C=O) groups excluding carboxylic acids is 1. The van der Waals surface area contributed by atoms with Crippen LogP contribution in [0.2, 0.25) is 0 Å². The summed E-state index contributed by atoms with van der Waals surface area (Å²) in [4.78, 5) is 18.0. The van der Waals surface area contributed by atoms with Gasteiger partial charge in [-0.25, -0.2) is 0 Å². The van der Waals surface area contributed by atoms with Crippen LogP contribution in [0.4, 0.5) is 0 Å². The minimum Gasteiger partial charge on any atom is -0.462 e. The molecular formula is C26H36N2O3. The van der Waals surface area contributed by atoms with Crippen LogP contribution in [0.1, 0.15) is 44.6 Å². The maximum atomic E-state index is 12.9. The number of benzene rings is 1. The van der Waals surface area contributed by atoms with Gasteiger partial charge >= 0.3 is 5.97 Å². The fourth-order valence-electron chi connectivity index (χ4n) is 7.42. The fourth-order valence-corrected chi connectivity index (χ4v) is 7.42. The molecule has 5 nitrogen and oxygen atoms in total. The van der Waals surface area contributed by atoms with Crippen LogP contribution in [0.25, 0.3) is 0 Å². The summed E-state index contributed by atoms with van der Waals surface area (Å²) in [6.07, 6.45) is 6.03. The molecule has 3 saturated heterocycles. The largest absolute Gasteiger partial charge is 0.462 e. The molecule has 0 radical (unpaired) electrons. The van der Waals surface area contributed by atoms with Gasteiger partial charge in [0.2, 0.25) is 0 Å². The molecule has 6 rings (SSSR count). The maximum absolute atomic E-state index is 12.9. The molecule has 0 amide bonds. The van der Waals surface area contributed by atoms with Crippen LogP contribution in [0.15, 0.2) is 30.3 Å². The van der Waals surface area contributed by atoms with Gasteiger partial charge in [0.05, 0.1) is 18.1 Å². The van der Waals surface area contributed by atoms with E-state index < -0.39 is 0 Å². The third kappa shape index (κ3) is 3.63. The van der Waals surface area contributed by atoms with Crippen molar-refractivity contribution in [1.82, 2.24) is 9.80 Å². The van der Waals surface area contributed by atoms with Gasteiger partial charge in [0, 0.05) is 45.2 Å². The predicted octanol–water partition coefficient (Wildman–Crippen LogP) is 3.33. The number of piperazine rings is 1. The Morgan fingerprint density at radius 1 is 1.06 bits per heavy atom. The molecule has 5 aliphatic rings.